The van der Waals surface area contributed by atoms with E-state index in [1.54, 1.807) is 6.92 Å². The summed E-state index contributed by atoms with van der Waals surface area (Å²) >= 11 is 0.533. The molecule has 0 fully saturated rings. The van der Waals surface area contributed by atoms with Crippen molar-refractivity contribution in [3.63, 3.8) is 0 Å². The van der Waals surface area contributed by atoms with Gasteiger partial charge < -0.3 is 5.73 Å². The summed E-state index contributed by atoms with van der Waals surface area (Å²) in [4.78, 5) is 0. The van der Waals surface area contributed by atoms with Gasteiger partial charge in [0, 0.05) is 6.54 Å². The first-order valence-corrected chi connectivity index (χ1v) is 7.08. The zero-order chi connectivity index (χ0) is 14.0. The van der Waals surface area contributed by atoms with Gasteiger partial charge in [0.15, 0.2) is 0 Å². The molecule has 0 atom stereocenters. The molecule has 6 nitrogen and oxygen atoms in total. The number of halogens is 3. The summed E-state index contributed by atoms with van der Waals surface area (Å²) < 4.78 is 60.5. The standard InChI is InChI=1S/C7H11F3N4O2S2/c1-2-3-14(4-7(8,9)10)18(15,16)6-13-12-5(11)17-6/h2-4H2,1H3,(H2,11,12). The summed E-state index contributed by atoms with van der Waals surface area (Å²) in [7, 11) is -4.30. The van der Waals surface area contributed by atoms with Crippen LogP contribution in [0.3, 0.4) is 0 Å². The van der Waals surface area contributed by atoms with Crippen LogP contribution in [-0.4, -0.2) is 42.2 Å². The Morgan fingerprint density at radius 1 is 1.39 bits per heavy atom. The smallest absolute Gasteiger partial charge is 0.374 e. The van der Waals surface area contributed by atoms with E-state index in [2.05, 4.69) is 10.2 Å². The molecule has 1 aromatic heterocycles. The van der Waals surface area contributed by atoms with E-state index >= 15 is 0 Å². The monoisotopic (exact) mass is 304 g/mol. The van der Waals surface area contributed by atoms with Crippen LogP contribution >= 0.6 is 11.3 Å². The van der Waals surface area contributed by atoms with E-state index in [4.69, 9.17) is 5.73 Å². The van der Waals surface area contributed by atoms with Crippen LogP contribution in [-0.2, 0) is 10.0 Å². The molecule has 0 aliphatic carbocycles. The van der Waals surface area contributed by atoms with Crippen LogP contribution in [0.1, 0.15) is 13.3 Å². The summed E-state index contributed by atoms with van der Waals surface area (Å²) in [6.07, 6.45) is -4.36. The van der Waals surface area contributed by atoms with Crippen LogP contribution in [0.25, 0.3) is 0 Å². The molecular weight excluding hydrogens is 293 g/mol. The Balaban J connectivity index is 3.04. The Bertz CT molecular complexity index is 499. The fraction of sp³-hybridized carbons (Fsp3) is 0.714. The number of nitrogens with two attached hydrogens (primary N) is 1. The van der Waals surface area contributed by atoms with Crippen molar-refractivity contribution in [3.05, 3.63) is 0 Å². The Kier molecular flexibility index (Phi) is 4.50. The van der Waals surface area contributed by atoms with E-state index in [1.807, 2.05) is 0 Å². The molecule has 0 bridgehead atoms. The molecule has 0 aromatic carbocycles. The average Bonchev–Trinajstić information content (AvgIpc) is 2.63. The lowest BCUT2D eigenvalue weighted by Gasteiger charge is -2.21. The van der Waals surface area contributed by atoms with Gasteiger partial charge in [-0.2, -0.15) is 17.5 Å². The second kappa shape index (κ2) is 5.36. The van der Waals surface area contributed by atoms with Gasteiger partial charge >= 0.3 is 6.18 Å². The van der Waals surface area contributed by atoms with Gasteiger partial charge in [0.2, 0.25) is 9.47 Å². The fourth-order valence-corrected chi connectivity index (χ4v) is 3.61. The summed E-state index contributed by atoms with van der Waals surface area (Å²) in [6.45, 7) is -0.225. The predicted molar refractivity (Wildman–Crippen MR) is 59.4 cm³/mol. The quantitative estimate of drug-likeness (QED) is 0.879. The van der Waals surface area contributed by atoms with Crippen molar-refractivity contribution in [1.29, 1.82) is 0 Å². The van der Waals surface area contributed by atoms with Crippen LogP contribution in [0.2, 0.25) is 0 Å². The number of nitrogen functional groups attached to an aromatic ring is 1. The summed E-state index contributed by atoms with van der Waals surface area (Å²) in [6, 6.07) is 0. The minimum absolute atomic E-state index is 0.114. The van der Waals surface area contributed by atoms with Gasteiger partial charge in [-0.25, -0.2) is 8.42 Å². The first kappa shape index (κ1) is 15.1. The van der Waals surface area contributed by atoms with Crippen LogP contribution in [0.15, 0.2) is 4.34 Å². The third kappa shape index (κ3) is 3.78. The molecule has 0 radical (unpaired) electrons. The zero-order valence-corrected chi connectivity index (χ0v) is 10.9. The van der Waals surface area contributed by atoms with Crippen LogP contribution < -0.4 is 5.73 Å². The molecule has 1 heterocycles. The number of alkyl halides is 3. The molecule has 18 heavy (non-hydrogen) atoms. The Morgan fingerprint density at radius 2 is 2.00 bits per heavy atom. The molecule has 0 aliphatic heterocycles. The molecule has 0 saturated heterocycles. The Morgan fingerprint density at radius 3 is 2.39 bits per heavy atom. The number of aromatic nitrogens is 2. The Labute approximate surface area is 106 Å². The highest BCUT2D eigenvalue weighted by molar-refractivity contribution is 7.91. The number of anilines is 1. The van der Waals surface area contributed by atoms with Crippen molar-refractivity contribution in [1.82, 2.24) is 14.5 Å². The molecular formula is C7H11F3N4O2S2. The van der Waals surface area contributed by atoms with E-state index in [1.165, 1.54) is 0 Å². The molecule has 0 unspecified atom stereocenters. The first-order valence-electron chi connectivity index (χ1n) is 4.82. The topological polar surface area (TPSA) is 89.2 Å². The van der Waals surface area contributed by atoms with Gasteiger partial charge in [0.25, 0.3) is 10.0 Å². The second-order valence-corrected chi connectivity index (χ2v) is 6.48. The lowest BCUT2D eigenvalue weighted by Crippen LogP contribution is -2.39. The largest absolute Gasteiger partial charge is 0.402 e. The Hall–Kier alpha value is -0.940. The van der Waals surface area contributed by atoms with E-state index in [9.17, 15) is 21.6 Å². The fourth-order valence-electron chi connectivity index (χ4n) is 1.17. The summed E-state index contributed by atoms with van der Waals surface area (Å²) in [5, 5.41) is 6.43. The number of hydrogen-bond acceptors (Lipinski definition) is 6. The van der Waals surface area contributed by atoms with Crippen molar-refractivity contribution in [2.24, 2.45) is 0 Å². The molecule has 1 aromatic rings. The van der Waals surface area contributed by atoms with Crippen molar-refractivity contribution < 1.29 is 21.6 Å². The maximum atomic E-state index is 12.3. The number of nitrogens with zero attached hydrogens (tertiary/aromatic N) is 3. The minimum Gasteiger partial charge on any atom is -0.374 e. The van der Waals surface area contributed by atoms with Crippen molar-refractivity contribution in [2.45, 2.75) is 23.9 Å². The van der Waals surface area contributed by atoms with Gasteiger partial charge in [0.05, 0.1) is 0 Å². The number of rotatable bonds is 5. The maximum absolute atomic E-state index is 12.3. The SMILES string of the molecule is CCCN(CC(F)(F)F)S(=O)(=O)c1nnc(N)s1. The average molecular weight is 304 g/mol. The highest BCUT2D eigenvalue weighted by Gasteiger charge is 2.38. The van der Waals surface area contributed by atoms with E-state index in [0.29, 0.717) is 15.6 Å². The minimum atomic E-state index is -4.61. The summed E-state index contributed by atoms with van der Waals surface area (Å²) in [5.74, 6) is 0. The normalized spacial score (nSPS) is 13.2. The third-order valence-electron chi connectivity index (χ3n) is 1.81. The zero-order valence-electron chi connectivity index (χ0n) is 9.31. The third-order valence-corrected chi connectivity index (χ3v) is 4.75. The molecule has 0 spiro atoms. The van der Waals surface area contributed by atoms with E-state index in [0.717, 1.165) is 0 Å². The molecule has 104 valence electrons. The number of sulfonamides is 1. The molecule has 0 amide bonds. The molecule has 2 N–H and O–H groups in total. The van der Waals surface area contributed by atoms with E-state index < -0.39 is 27.1 Å². The molecule has 0 aliphatic rings. The highest BCUT2D eigenvalue weighted by Crippen LogP contribution is 2.25. The van der Waals surface area contributed by atoms with Crippen LogP contribution in [0.4, 0.5) is 18.3 Å². The van der Waals surface area contributed by atoms with Crippen LogP contribution in [0.5, 0.6) is 0 Å². The van der Waals surface area contributed by atoms with Crippen LogP contribution in [0, 0.1) is 0 Å². The second-order valence-electron chi connectivity index (χ2n) is 3.36. The lowest BCUT2D eigenvalue weighted by atomic mass is 10.5. The molecule has 11 heteroatoms. The van der Waals surface area contributed by atoms with Gasteiger partial charge in [-0.05, 0) is 6.42 Å². The van der Waals surface area contributed by atoms with Gasteiger partial charge in [-0.1, -0.05) is 18.3 Å². The maximum Gasteiger partial charge on any atom is 0.402 e. The van der Waals surface area contributed by atoms with Crippen molar-refractivity contribution in [2.75, 3.05) is 18.8 Å². The van der Waals surface area contributed by atoms with Crippen molar-refractivity contribution >= 4 is 26.5 Å². The van der Waals surface area contributed by atoms with Gasteiger partial charge in [-0.15, -0.1) is 10.2 Å². The number of hydrogen-bond donors (Lipinski definition) is 1. The highest BCUT2D eigenvalue weighted by atomic mass is 32.2. The predicted octanol–water partition coefficient (Wildman–Crippen LogP) is 1.08. The van der Waals surface area contributed by atoms with Crippen molar-refractivity contribution in [3.8, 4) is 0 Å². The first-order chi connectivity index (χ1) is 8.16. The van der Waals surface area contributed by atoms with Gasteiger partial charge in [0.1, 0.15) is 6.54 Å². The lowest BCUT2D eigenvalue weighted by molar-refractivity contribution is -0.136. The molecule has 0 saturated carbocycles. The summed E-state index contributed by atoms with van der Waals surface area (Å²) in [5.41, 5.74) is 5.22. The van der Waals surface area contributed by atoms with Gasteiger partial charge in [-0.3, -0.25) is 0 Å². The molecule has 1 rings (SSSR count). The van der Waals surface area contributed by atoms with E-state index in [-0.39, 0.29) is 18.1 Å².